The van der Waals surface area contributed by atoms with Gasteiger partial charge in [-0.1, -0.05) is 13.8 Å². The van der Waals surface area contributed by atoms with Crippen molar-refractivity contribution in [2.24, 2.45) is 5.92 Å². The molecule has 0 fully saturated rings. The molecule has 6 heteroatoms. The molecule has 1 aromatic heterocycles. The molecule has 0 saturated heterocycles. The van der Waals surface area contributed by atoms with Crippen LogP contribution in [0.25, 0.3) is 0 Å². The van der Waals surface area contributed by atoms with Gasteiger partial charge in [0.25, 0.3) is 5.88 Å². The molecule has 1 unspecified atom stereocenters. The summed E-state index contributed by atoms with van der Waals surface area (Å²) >= 11 is 0. The molecule has 0 aliphatic heterocycles. The second-order valence-electron chi connectivity index (χ2n) is 3.70. The van der Waals surface area contributed by atoms with Gasteiger partial charge >= 0.3 is 5.97 Å². The summed E-state index contributed by atoms with van der Waals surface area (Å²) in [6.45, 7) is 3.55. The second kappa shape index (κ2) is 5.50. The normalized spacial score (nSPS) is 12.8. The van der Waals surface area contributed by atoms with Crippen LogP contribution < -0.4 is 4.74 Å². The Labute approximate surface area is 92.8 Å². The van der Waals surface area contributed by atoms with E-state index >= 15 is 0 Å². The fraction of sp³-hybridized carbons (Fsp3) is 0.600. The van der Waals surface area contributed by atoms with E-state index in [4.69, 9.17) is 19.5 Å². The van der Waals surface area contributed by atoms with Crippen molar-refractivity contribution in [3.05, 3.63) is 11.8 Å². The molecule has 0 bridgehead atoms. The summed E-state index contributed by atoms with van der Waals surface area (Å²) in [6.07, 6.45) is 0. The van der Waals surface area contributed by atoms with Gasteiger partial charge in [-0.2, -0.15) is 0 Å². The molecule has 0 saturated carbocycles. The molecule has 2 N–H and O–H groups in total. The van der Waals surface area contributed by atoms with Crippen LogP contribution in [0.2, 0.25) is 0 Å². The first kappa shape index (κ1) is 12.5. The van der Waals surface area contributed by atoms with E-state index in [9.17, 15) is 4.79 Å². The van der Waals surface area contributed by atoms with Gasteiger partial charge in [-0.3, -0.25) is 4.79 Å². The Hall–Kier alpha value is -1.56. The van der Waals surface area contributed by atoms with E-state index in [2.05, 4.69) is 5.16 Å². The van der Waals surface area contributed by atoms with Crippen molar-refractivity contribution in [2.45, 2.75) is 19.8 Å². The van der Waals surface area contributed by atoms with Crippen LogP contribution in [0.1, 0.15) is 25.5 Å². The zero-order valence-corrected chi connectivity index (χ0v) is 9.21. The minimum absolute atomic E-state index is 0.101. The largest absolute Gasteiger partial charge is 0.481 e. The molecule has 0 amide bonds. The van der Waals surface area contributed by atoms with E-state index < -0.39 is 11.9 Å². The van der Waals surface area contributed by atoms with Gasteiger partial charge in [-0.25, -0.2) is 0 Å². The number of rotatable bonds is 6. The van der Waals surface area contributed by atoms with Gasteiger partial charge in [0.1, 0.15) is 12.5 Å². The van der Waals surface area contributed by atoms with Crippen LogP contribution in [0, 0.1) is 5.92 Å². The van der Waals surface area contributed by atoms with Crippen molar-refractivity contribution in [1.82, 2.24) is 5.16 Å². The fourth-order valence-electron chi connectivity index (χ4n) is 1.37. The van der Waals surface area contributed by atoms with Crippen LogP contribution in [-0.4, -0.2) is 34.6 Å². The summed E-state index contributed by atoms with van der Waals surface area (Å²) in [6, 6.07) is 1.44. The summed E-state index contributed by atoms with van der Waals surface area (Å²) < 4.78 is 9.91. The highest BCUT2D eigenvalue weighted by molar-refractivity contribution is 5.75. The maximum atomic E-state index is 11.0. The minimum Gasteiger partial charge on any atom is -0.481 e. The van der Waals surface area contributed by atoms with Crippen LogP contribution in [0.5, 0.6) is 5.88 Å². The lowest BCUT2D eigenvalue weighted by atomic mass is 9.94. The van der Waals surface area contributed by atoms with E-state index in [0.29, 0.717) is 0 Å². The highest BCUT2D eigenvalue weighted by Crippen LogP contribution is 2.27. The smallest absolute Gasteiger partial charge is 0.314 e. The zero-order chi connectivity index (χ0) is 12.1. The summed E-state index contributed by atoms with van der Waals surface area (Å²) in [5.74, 6) is -1.35. The third kappa shape index (κ3) is 2.96. The Kier molecular flexibility index (Phi) is 4.30. The Morgan fingerprint density at radius 3 is 2.81 bits per heavy atom. The van der Waals surface area contributed by atoms with Crippen molar-refractivity contribution in [1.29, 1.82) is 0 Å². The number of nitrogens with zero attached hydrogens (tertiary/aromatic N) is 1. The average Bonchev–Trinajstić information content (AvgIpc) is 2.62. The molecule has 0 radical (unpaired) electrons. The van der Waals surface area contributed by atoms with Gasteiger partial charge in [0.2, 0.25) is 0 Å². The van der Waals surface area contributed by atoms with Crippen LogP contribution in [0.3, 0.4) is 0 Å². The zero-order valence-electron chi connectivity index (χ0n) is 9.21. The highest BCUT2D eigenvalue weighted by Gasteiger charge is 2.28. The van der Waals surface area contributed by atoms with Crippen LogP contribution >= 0.6 is 0 Å². The van der Waals surface area contributed by atoms with Crippen molar-refractivity contribution in [3.63, 3.8) is 0 Å². The molecule has 6 nitrogen and oxygen atoms in total. The lowest BCUT2D eigenvalue weighted by Crippen LogP contribution is -2.16. The first-order chi connectivity index (χ1) is 7.56. The van der Waals surface area contributed by atoms with Crippen LogP contribution in [0.15, 0.2) is 10.6 Å². The molecule has 1 atom stereocenters. The summed E-state index contributed by atoms with van der Waals surface area (Å²) in [4.78, 5) is 11.0. The van der Waals surface area contributed by atoms with Gasteiger partial charge in [-0.05, 0) is 11.1 Å². The standard InChI is InChI=1S/C10H15NO5/c1-6(2)9(10(13)14)7-5-8(11-16-7)15-4-3-12/h5-6,9,12H,3-4H2,1-2H3,(H,13,14). The van der Waals surface area contributed by atoms with Gasteiger partial charge in [0.15, 0.2) is 5.76 Å². The van der Waals surface area contributed by atoms with Crippen LogP contribution in [0.4, 0.5) is 0 Å². The number of hydrogen-bond donors (Lipinski definition) is 2. The second-order valence-corrected chi connectivity index (χ2v) is 3.70. The predicted molar refractivity (Wildman–Crippen MR) is 54.3 cm³/mol. The maximum absolute atomic E-state index is 11.0. The molecule has 0 spiro atoms. The minimum atomic E-state index is -0.958. The topological polar surface area (TPSA) is 92.8 Å². The molecular weight excluding hydrogens is 214 g/mol. The van der Waals surface area contributed by atoms with Crippen molar-refractivity contribution >= 4 is 5.97 Å². The van der Waals surface area contributed by atoms with E-state index in [-0.39, 0.29) is 30.8 Å². The quantitative estimate of drug-likeness (QED) is 0.751. The van der Waals surface area contributed by atoms with Gasteiger partial charge < -0.3 is 19.5 Å². The lowest BCUT2D eigenvalue weighted by Gasteiger charge is -2.11. The Morgan fingerprint density at radius 1 is 1.62 bits per heavy atom. The monoisotopic (exact) mass is 229 g/mol. The number of aliphatic carboxylic acids is 1. The third-order valence-corrected chi connectivity index (χ3v) is 2.09. The third-order valence-electron chi connectivity index (χ3n) is 2.09. The molecule has 1 aromatic rings. The summed E-state index contributed by atoms with van der Waals surface area (Å²) in [5.41, 5.74) is 0. The number of carboxylic acids is 1. The van der Waals surface area contributed by atoms with Gasteiger partial charge in [0, 0.05) is 6.07 Å². The molecular formula is C10H15NO5. The summed E-state index contributed by atoms with van der Waals surface area (Å²) in [5, 5.41) is 21.1. The molecule has 1 rings (SSSR count). The Balaban J connectivity index is 2.78. The van der Waals surface area contributed by atoms with Crippen LogP contribution in [-0.2, 0) is 4.79 Å². The molecule has 0 aromatic carbocycles. The number of aliphatic hydroxyl groups is 1. The van der Waals surface area contributed by atoms with Gasteiger partial charge in [-0.15, -0.1) is 0 Å². The number of aromatic nitrogens is 1. The first-order valence-corrected chi connectivity index (χ1v) is 4.99. The number of aliphatic hydroxyl groups excluding tert-OH is 1. The molecule has 1 heterocycles. The summed E-state index contributed by atoms with van der Waals surface area (Å²) in [7, 11) is 0. The van der Waals surface area contributed by atoms with Crippen molar-refractivity contribution in [2.75, 3.05) is 13.2 Å². The first-order valence-electron chi connectivity index (χ1n) is 4.99. The van der Waals surface area contributed by atoms with Crippen molar-refractivity contribution in [3.8, 4) is 5.88 Å². The van der Waals surface area contributed by atoms with E-state index in [1.165, 1.54) is 6.07 Å². The fourth-order valence-corrected chi connectivity index (χ4v) is 1.37. The molecule has 16 heavy (non-hydrogen) atoms. The van der Waals surface area contributed by atoms with E-state index in [1.807, 2.05) is 0 Å². The number of carbonyl (C=O) groups is 1. The number of hydrogen-bond acceptors (Lipinski definition) is 5. The Bertz CT molecular complexity index is 347. The molecule has 90 valence electrons. The average molecular weight is 229 g/mol. The SMILES string of the molecule is CC(C)C(C(=O)O)c1cc(OCCO)no1. The van der Waals surface area contributed by atoms with E-state index in [1.54, 1.807) is 13.8 Å². The Morgan fingerprint density at radius 2 is 2.31 bits per heavy atom. The van der Waals surface area contributed by atoms with Gasteiger partial charge in [0.05, 0.1) is 6.61 Å². The molecule has 0 aliphatic carbocycles. The lowest BCUT2D eigenvalue weighted by molar-refractivity contribution is -0.140. The van der Waals surface area contributed by atoms with Crippen molar-refractivity contribution < 1.29 is 24.3 Å². The number of ether oxygens (including phenoxy) is 1. The van der Waals surface area contributed by atoms with E-state index in [0.717, 1.165) is 0 Å². The number of carboxylic acid groups (broad SMARTS) is 1. The predicted octanol–water partition coefficient (Wildman–Crippen LogP) is 0.870. The maximum Gasteiger partial charge on any atom is 0.314 e. The highest BCUT2D eigenvalue weighted by atomic mass is 16.5. The molecule has 0 aliphatic rings.